The molecule has 0 spiro atoms. The van der Waals surface area contributed by atoms with E-state index in [0.717, 1.165) is 18.0 Å². The fourth-order valence-electron chi connectivity index (χ4n) is 2.20. The van der Waals surface area contributed by atoms with Crippen LogP contribution in [0.1, 0.15) is 38.6 Å². The van der Waals surface area contributed by atoms with Crippen LogP contribution in [0.5, 0.6) is 0 Å². The van der Waals surface area contributed by atoms with Crippen LogP contribution in [-0.4, -0.2) is 32.5 Å². The monoisotopic (exact) mass is 281 g/mol. The zero-order valence-corrected chi connectivity index (χ0v) is 11.8. The Hall–Kier alpha value is -1.24. The van der Waals surface area contributed by atoms with Crippen molar-refractivity contribution in [3.63, 3.8) is 0 Å². The number of amides is 1. The van der Waals surface area contributed by atoms with Crippen LogP contribution in [0, 0.1) is 5.92 Å². The smallest absolute Gasteiger partial charge is 0.230 e. The molecule has 0 aromatic carbocycles. The minimum atomic E-state index is 0.0633. The van der Waals surface area contributed by atoms with Gasteiger partial charge >= 0.3 is 0 Å². The second-order valence-electron chi connectivity index (χ2n) is 5.42. The minimum absolute atomic E-state index is 0.0633. The Kier molecular flexibility index (Phi) is 3.38. The zero-order chi connectivity index (χ0) is 13.4. The van der Waals surface area contributed by atoms with E-state index in [1.165, 1.54) is 24.6 Å². The van der Waals surface area contributed by atoms with Gasteiger partial charge in [-0.05, 0) is 38.5 Å². The highest BCUT2D eigenvalue weighted by molar-refractivity contribution is 7.99. The fourth-order valence-corrected chi connectivity index (χ4v) is 3.03. The van der Waals surface area contributed by atoms with Gasteiger partial charge in [0.05, 0.1) is 5.75 Å². The third-order valence-electron chi connectivity index (χ3n) is 3.65. The molecule has 7 heteroatoms. The average Bonchev–Trinajstić information content (AvgIpc) is 3.25. The van der Waals surface area contributed by atoms with Crippen molar-refractivity contribution >= 4 is 23.6 Å². The molecule has 2 aliphatic rings. The predicted octanol–water partition coefficient (Wildman–Crippen LogP) is 1.20. The lowest BCUT2D eigenvalue weighted by molar-refractivity contribution is -0.119. The first-order chi connectivity index (χ1) is 9.15. The molecular weight excluding hydrogens is 262 g/mol. The maximum absolute atomic E-state index is 11.8. The summed E-state index contributed by atoms with van der Waals surface area (Å²) in [6.45, 7) is 2.07. The minimum Gasteiger partial charge on any atom is -0.368 e. The molecule has 2 fully saturated rings. The van der Waals surface area contributed by atoms with Crippen molar-refractivity contribution in [2.24, 2.45) is 5.92 Å². The quantitative estimate of drug-likeness (QED) is 0.765. The number of carbonyl (C=O) groups excluding carboxylic acids is 1. The summed E-state index contributed by atoms with van der Waals surface area (Å²) in [6.07, 6.45) is 4.73. The number of hydrogen-bond acceptors (Lipinski definition) is 5. The highest BCUT2D eigenvalue weighted by Gasteiger charge is 2.30. The Labute approximate surface area is 116 Å². The number of nitrogen functional groups attached to an aromatic ring is 1. The van der Waals surface area contributed by atoms with Gasteiger partial charge in [0.25, 0.3) is 0 Å². The van der Waals surface area contributed by atoms with Crippen LogP contribution in [-0.2, 0) is 4.79 Å². The van der Waals surface area contributed by atoms with Gasteiger partial charge in [0.2, 0.25) is 11.9 Å². The van der Waals surface area contributed by atoms with E-state index < -0.39 is 0 Å². The molecule has 3 rings (SSSR count). The number of nitrogens with one attached hydrogen (secondary N) is 1. The largest absolute Gasteiger partial charge is 0.368 e. The second kappa shape index (κ2) is 5.03. The number of thioether (sulfide) groups is 1. The number of aromatic nitrogens is 3. The van der Waals surface area contributed by atoms with E-state index in [4.69, 9.17) is 5.73 Å². The van der Waals surface area contributed by atoms with Crippen LogP contribution in [0.2, 0.25) is 0 Å². The van der Waals surface area contributed by atoms with Gasteiger partial charge in [-0.15, -0.1) is 10.2 Å². The highest BCUT2D eigenvalue weighted by Crippen LogP contribution is 2.39. The Morgan fingerprint density at radius 1 is 1.47 bits per heavy atom. The summed E-state index contributed by atoms with van der Waals surface area (Å²) >= 11 is 1.42. The third-order valence-corrected chi connectivity index (χ3v) is 4.60. The molecule has 104 valence electrons. The van der Waals surface area contributed by atoms with E-state index in [1.807, 2.05) is 4.57 Å². The molecule has 1 heterocycles. The van der Waals surface area contributed by atoms with Gasteiger partial charge < -0.3 is 11.1 Å². The maximum atomic E-state index is 11.8. The molecule has 2 aliphatic carbocycles. The lowest BCUT2D eigenvalue weighted by atomic mass is 10.2. The van der Waals surface area contributed by atoms with Crippen LogP contribution in [0.4, 0.5) is 5.95 Å². The first-order valence-corrected chi connectivity index (χ1v) is 7.76. The van der Waals surface area contributed by atoms with Crippen LogP contribution in [0.25, 0.3) is 0 Å². The molecule has 0 unspecified atom stereocenters. The zero-order valence-electron chi connectivity index (χ0n) is 11.0. The Balaban J connectivity index is 1.52. The van der Waals surface area contributed by atoms with Gasteiger partial charge in [0, 0.05) is 12.1 Å². The molecule has 1 aromatic heterocycles. The van der Waals surface area contributed by atoms with E-state index >= 15 is 0 Å². The maximum Gasteiger partial charge on any atom is 0.230 e. The van der Waals surface area contributed by atoms with Crippen LogP contribution >= 0.6 is 11.8 Å². The molecule has 19 heavy (non-hydrogen) atoms. The molecule has 0 radical (unpaired) electrons. The molecule has 3 N–H and O–H groups in total. The van der Waals surface area contributed by atoms with Crippen molar-refractivity contribution in [2.45, 2.75) is 49.8 Å². The summed E-state index contributed by atoms with van der Waals surface area (Å²) in [5, 5.41) is 11.7. The van der Waals surface area contributed by atoms with Gasteiger partial charge in [0.15, 0.2) is 5.16 Å². The highest BCUT2D eigenvalue weighted by atomic mass is 32.2. The van der Waals surface area contributed by atoms with Crippen molar-refractivity contribution in [3.8, 4) is 0 Å². The van der Waals surface area contributed by atoms with Gasteiger partial charge in [-0.1, -0.05) is 11.8 Å². The first-order valence-electron chi connectivity index (χ1n) is 6.77. The van der Waals surface area contributed by atoms with E-state index in [9.17, 15) is 4.79 Å². The number of hydrogen-bond donors (Lipinski definition) is 2. The molecule has 0 aliphatic heterocycles. The van der Waals surface area contributed by atoms with E-state index in [2.05, 4.69) is 22.4 Å². The summed E-state index contributed by atoms with van der Waals surface area (Å²) in [4.78, 5) is 11.8. The normalized spacial score (nSPS) is 20.3. The number of nitrogens with two attached hydrogens (primary N) is 1. The Morgan fingerprint density at radius 3 is 2.84 bits per heavy atom. The van der Waals surface area contributed by atoms with E-state index in [1.54, 1.807) is 0 Å². The summed E-state index contributed by atoms with van der Waals surface area (Å²) < 4.78 is 1.95. The standard InChI is InChI=1S/C12H19N5OS/c1-7(8-2-3-8)14-10(18)6-19-12-16-15-11(13)17(12)9-4-5-9/h7-9H,2-6H2,1H3,(H2,13,15)(H,14,18)/t7-/m1/s1. The number of nitrogens with zero attached hydrogens (tertiary/aromatic N) is 3. The lowest BCUT2D eigenvalue weighted by Gasteiger charge is -2.12. The van der Waals surface area contributed by atoms with E-state index in [-0.39, 0.29) is 5.91 Å². The molecule has 0 bridgehead atoms. The number of anilines is 1. The number of rotatable bonds is 6. The molecule has 2 saturated carbocycles. The molecule has 6 nitrogen and oxygen atoms in total. The molecule has 1 amide bonds. The van der Waals surface area contributed by atoms with Crippen molar-refractivity contribution < 1.29 is 4.79 Å². The topological polar surface area (TPSA) is 85.8 Å². The number of carbonyl (C=O) groups is 1. The van der Waals surface area contributed by atoms with Crippen molar-refractivity contribution in [2.75, 3.05) is 11.5 Å². The van der Waals surface area contributed by atoms with Gasteiger partial charge in [0.1, 0.15) is 0 Å². The van der Waals surface area contributed by atoms with Gasteiger partial charge in [-0.3, -0.25) is 9.36 Å². The lowest BCUT2D eigenvalue weighted by Crippen LogP contribution is -2.35. The third kappa shape index (κ3) is 3.02. The first kappa shape index (κ1) is 12.8. The van der Waals surface area contributed by atoms with Crippen LogP contribution in [0.15, 0.2) is 5.16 Å². The van der Waals surface area contributed by atoms with Gasteiger partial charge in [-0.2, -0.15) is 0 Å². The second-order valence-corrected chi connectivity index (χ2v) is 6.37. The van der Waals surface area contributed by atoms with E-state index in [0.29, 0.717) is 29.7 Å². The predicted molar refractivity (Wildman–Crippen MR) is 73.8 cm³/mol. The van der Waals surface area contributed by atoms with Crippen LogP contribution < -0.4 is 11.1 Å². The summed E-state index contributed by atoms with van der Waals surface area (Å²) in [5.74, 6) is 1.58. The molecule has 0 saturated heterocycles. The summed E-state index contributed by atoms with van der Waals surface area (Å²) in [7, 11) is 0. The fraction of sp³-hybridized carbons (Fsp3) is 0.750. The SMILES string of the molecule is C[C@@H](NC(=O)CSc1nnc(N)n1C1CC1)C1CC1. The Morgan fingerprint density at radius 2 is 2.21 bits per heavy atom. The summed E-state index contributed by atoms with van der Waals surface area (Å²) in [6, 6.07) is 0.727. The van der Waals surface area contributed by atoms with Crippen molar-refractivity contribution in [1.82, 2.24) is 20.1 Å². The average molecular weight is 281 g/mol. The van der Waals surface area contributed by atoms with Crippen molar-refractivity contribution in [3.05, 3.63) is 0 Å². The Bertz CT molecular complexity index is 480. The molecular formula is C12H19N5OS. The van der Waals surface area contributed by atoms with Crippen LogP contribution in [0.3, 0.4) is 0 Å². The van der Waals surface area contributed by atoms with Crippen molar-refractivity contribution in [1.29, 1.82) is 0 Å². The molecule has 1 aromatic rings. The van der Waals surface area contributed by atoms with Gasteiger partial charge in [-0.25, -0.2) is 0 Å². The molecule has 1 atom stereocenters. The summed E-state index contributed by atoms with van der Waals surface area (Å²) in [5.41, 5.74) is 5.79.